The van der Waals surface area contributed by atoms with E-state index in [1.165, 1.54) is 17.4 Å². The summed E-state index contributed by atoms with van der Waals surface area (Å²) < 4.78 is 6.31. The van der Waals surface area contributed by atoms with Gasteiger partial charge < -0.3 is 4.74 Å². The van der Waals surface area contributed by atoms with E-state index in [1.807, 2.05) is 73.0 Å². The van der Waals surface area contributed by atoms with Gasteiger partial charge in [0.25, 0.3) is 11.8 Å². The number of amides is 4. The Hall–Kier alpha value is -3.97. The standard InChI is InChI=1S/C25H18N2O4S/c1-14-8-10-15(11-9-14)21-16-5-2-3-6-19(16)31-22(20-7-4-12-32-20)17(21)13-18-23(28)26-25(30)27-24(18)29/h2-13,21H,1H3,(H2,26,27,28,29,30)/t21-/m1/s1. The Bertz CT molecular complexity index is 1280. The summed E-state index contributed by atoms with van der Waals surface area (Å²) in [5, 5.41) is 6.22. The molecule has 3 aromatic rings. The van der Waals surface area contributed by atoms with Crippen LogP contribution in [-0.2, 0) is 9.59 Å². The number of aryl methyl sites for hydroxylation is 1. The monoisotopic (exact) mass is 442 g/mol. The molecule has 3 heterocycles. The summed E-state index contributed by atoms with van der Waals surface area (Å²) in [6.07, 6.45) is 1.53. The SMILES string of the molecule is Cc1ccc([C@H]2C(C=C3C(=O)NC(=O)NC3=O)=C(c3cccs3)Oc3ccccc32)cc1. The van der Waals surface area contributed by atoms with Gasteiger partial charge in [0.15, 0.2) is 0 Å². The first-order valence-corrected chi connectivity index (χ1v) is 10.9. The highest BCUT2D eigenvalue weighted by Gasteiger charge is 2.34. The maximum atomic E-state index is 12.5. The normalized spacial score (nSPS) is 18.0. The topological polar surface area (TPSA) is 84.5 Å². The van der Waals surface area contributed by atoms with Crippen molar-refractivity contribution in [2.75, 3.05) is 0 Å². The first kappa shape index (κ1) is 20.0. The van der Waals surface area contributed by atoms with Crippen molar-refractivity contribution in [1.29, 1.82) is 0 Å². The van der Waals surface area contributed by atoms with E-state index < -0.39 is 17.8 Å². The summed E-state index contributed by atoms with van der Waals surface area (Å²) in [5.41, 5.74) is 3.58. The highest BCUT2D eigenvalue weighted by Crippen LogP contribution is 2.47. The molecule has 2 aromatic carbocycles. The number of fused-ring (bicyclic) bond motifs is 1. The van der Waals surface area contributed by atoms with Gasteiger partial charge in [0, 0.05) is 17.1 Å². The van der Waals surface area contributed by atoms with E-state index in [1.54, 1.807) is 0 Å². The lowest BCUT2D eigenvalue weighted by molar-refractivity contribution is -0.124. The summed E-state index contributed by atoms with van der Waals surface area (Å²) in [4.78, 5) is 37.4. The van der Waals surface area contributed by atoms with Crippen molar-refractivity contribution in [3.8, 4) is 5.75 Å². The fourth-order valence-electron chi connectivity index (χ4n) is 3.91. The van der Waals surface area contributed by atoms with Crippen LogP contribution in [0.25, 0.3) is 5.76 Å². The number of ether oxygens (including phenoxy) is 1. The molecule has 1 fully saturated rings. The van der Waals surface area contributed by atoms with Gasteiger partial charge in [-0.25, -0.2) is 4.79 Å². The predicted molar refractivity (Wildman–Crippen MR) is 121 cm³/mol. The van der Waals surface area contributed by atoms with E-state index in [0.717, 1.165) is 27.3 Å². The van der Waals surface area contributed by atoms with Gasteiger partial charge in [-0.05, 0) is 36.1 Å². The molecule has 0 saturated carbocycles. The number of carbonyl (C=O) groups is 3. The van der Waals surface area contributed by atoms with Crippen LogP contribution in [0.2, 0.25) is 0 Å². The number of para-hydroxylation sites is 1. The molecule has 2 aliphatic heterocycles. The number of rotatable bonds is 3. The van der Waals surface area contributed by atoms with E-state index >= 15 is 0 Å². The van der Waals surface area contributed by atoms with Crippen LogP contribution in [0.4, 0.5) is 4.79 Å². The van der Waals surface area contributed by atoms with Crippen molar-refractivity contribution < 1.29 is 19.1 Å². The molecule has 0 bridgehead atoms. The Balaban J connectivity index is 1.77. The molecule has 6 nitrogen and oxygen atoms in total. The molecule has 0 radical (unpaired) electrons. The lowest BCUT2D eigenvalue weighted by Gasteiger charge is -2.30. The fourth-order valence-corrected chi connectivity index (χ4v) is 4.64. The Morgan fingerprint density at radius 2 is 1.62 bits per heavy atom. The number of urea groups is 1. The summed E-state index contributed by atoms with van der Waals surface area (Å²) in [5.74, 6) is -0.453. The zero-order valence-corrected chi connectivity index (χ0v) is 17.9. The van der Waals surface area contributed by atoms with Crippen molar-refractivity contribution in [2.24, 2.45) is 0 Å². The van der Waals surface area contributed by atoms with Crippen LogP contribution in [0.15, 0.2) is 83.3 Å². The van der Waals surface area contributed by atoms with E-state index in [0.29, 0.717) is 11.3 Å². The number of barbiturate groups is 1. The van der Waals surface area contributed by atoms with Gasteiger partial charge in [-0.1, -0.05) is 54.1 Å². The van der Waals surface area contributed by atoms with Gasteiger partial charge in [-0.3, -0.25) is 20.2 Å². The Labute approximate surface area is 188 Å². The molecule has 4 amide bonds. The maximum absolute atomic E-state index is 12.5. The molecule has 0 unspecified atom stereocenters. The number of allylic oxidation sites excluding steroid dienone is 2. The van der Waals surface area contributed by atoms with Gasteiger partial charge >= 0.3 is 6.03 Å². The summed E-state index contributed by atoms with van der Waals surface area (Å²) in [6.45, 7) is 2.02. The number of hydrogen-bond donors (Lipinski definition) is 2. The number of thiophene rings is 1. The van der Waals surface area contributed by atoms with Crippen LogP contribution >= 0.6 is 11.3 Å². The van der Waals surface area contributed by atoms with Gasteiger partial charge in [0.1, 0.15) is 17.1 Å². The van der Waals surface area contributed by atoms with Gasteiger partial charge in [0.2, 0.25) is 0 Å². The number of hydrogen-bond acceptors (Lipinski definition) is 5. The third-order valence-corrected chi connectivity index (χ3v) is 6.28. The molecule has 158 valence electrons. The second-order valence-corrected chi connectivity index (χ2v) is 8.49. The Morgan fingerprint density at radius 1 is 0.906 bits per heavy atom. The fraction of sp³-hybridized carbons (Fsp3) is 0.0800. The van der Waals surface area contributed by atoms with Gasteiger partial charge in [0.05, 0.1) is 4.88 Å². The van der Waals surface area contributed by atoms with Crippen LogP contribution in [-0.4, -0.2) is 17.8 Å². The molecule has 2 aliphatic rings. The van der Waals surface area contributed by atoms with Crippen LogP contribution < -0.4 is 15.4 Å². The van der Waals surface area contributed by atoms with Crippen molar-refractivity contribution in [1.82, 2.24) is 10.6 Å². The van der Waals surface area contributed by atoms with Crippen molar-refractivity contribution in [3.63, 3.8) is 0 Å². The minimum atomic E-state index is -0.829. The molecule has 7 heteroatoms. The van der Waals surface area contributed by atoms with Crippen molar-refractivity contribution in [2.45, 2.75) is 12.8 Å². The molecule has 1 saturated heterocycles. The second kappa shape index (κ2) is 7.94. The summed E-state index contributed by atoms with van der Waals surface area (Å²) in [7, 11) is 0. The highest BCUT2D eigenvalue weighted by molar-refractivity contribution is 7.11. The van der Waals surface area contributed by atoms with Crippen LogP contribution in [0.3, 0.4) is 0 Å². The van der Waals surface area contributed by atoms with Crippen molar-refractivity contribution in [3.05, 3.63) is 105 Å². The van der Waals surface area contributed by atoms with Crippen LogP contribution in [0.5, 0.6) is 5.75 Å². The predicted octanol–water partition coefficient (Wildman–Crippen LogP) is 4.28. The number of imide groups is 2. The molecule has 5 rings (SSSR count). The largest absolute Gasteiger partial charge is 0.455 e. The molecule has 1 atom stereocenters. The van der Waals surface area contributed by atoms with E-state index in [9.17, 15) is 14.4 Å². The zero-order valence-electron chi connectivity index (χ0n) is 17.0. The van der Waals surface area contributed by atoms with Crippen LogP contribution in [0, 0.1) is 6.92 Å². The molecule has 2 N–H and O–H groups in total. The average molecular weight is 442 g/mol. The number of nitrogens with one attached hydrogen (secondary N) is 2. The zero-order chi connectivity index (χ0) is 22.2. The maximum Gasteiger partial charge on any atom is 0.328 e. The smallest absolute Gasteiger partial charge is 0.328 e. The Morgan fingerprint density at radius 3 is 2.31 bits per heavy atom. The van der Waals surface area contributed by atoms with E-state index in [4.69, 9.17) is 4.74 Å². The van der Waals surface area contributed by atoms with E-state index in [-0.39, 0.29) is 11.5 Å². The quantitative estimate of drug-likeness (QED) is 0.468. The third kappa shape index (κ3) is 3.52. The van der Waals surface area contributed by atoms with Gasteiger partial charge in [-0.2, -0.15) is 0 Å². The number of carbonyl (C=O) groups excluding carboxylic acids is 3. The molecule has 0 spiro atoms. The first-order valence-electron chi connectivity index (χ1n) is 10.0. The van der Waals surface area contributed by atoms with Crippen LogP contribution in [0.1, 0.15) is 27.5 Å². The molecule has 1 aromatic heterocycles. The minimum absolute atomic E-state index is 0.145. The molecule has 32 heavy (non-hydrogen) atoms. The lowest BCUT2D eigenvalue weighted by Crippen LogP contribution is -2.51. The highest BCUT2D eigenvalue weighted by atomic mass is 32.1. The van der Waals surface area contributed by atoms with Crippen molar-refractivity contribution >= 4 is 34.9 Å². The molecular weight excluding hydrogens is 424 g/mol. The first-order chi connectivity index (χ1) is 15.5. The van der Waals surface area contributed by atoms with Gasteiger partial charge in [-0.15, -0.1) is 11.3 Å². The van der Waals surface area contributed by atoms with E-state index in [2.05, 4.69) is 10.6 Å². The third-order valence-electron chi connectivity index (χ3n) is 5.41. The molecular formula is C25H18N2O4S. The average Bonchev–Trinajstić information content (AvgIpc) is 3.31. The number of benzene rings is 2. The Kier molecular flexibility index (Phi) is 4.95. The second-order valence-electron chi connectivity index (χ2n) is 7.54. The molecule has 0 aliphatic carbocycles. The minimum Gasteiger partial charge on any atom is -0.455 e. The summed E-state index contributed by atoms with van der Waals surface area (Å²) >= 11 is 1.50. The lowest BCUT2D eigenvalue weighted by atomic mass is 9.81. The summed E-state index contributed by atoms with van der Waals surface area (Å²) in [6, 6.07) is 18.9.